The topological polar surface area (TPSA) is 101 Å². The van der Waals surface area contributed by atoms with Crippen LogP contribution in [-0.4, -0.2) is 21.1 Å². The average molecular weight is 364 g/mol. The van der Waals surface area contributed by atoms with Gasteiger partial charge in [0.1, 0.15) is 17.1 Å². The Hall–Kier alpha value is -3.22. The molecule has 1 aliphatic rings. The number of rotatable bonds is 5. The van der Waals surface area contributed by atoms with E-state index >= 15 is 0 Å². The Balaban J connectivity index is 1.45. The fourth-order valence-electron chi connectivity index (χ4n) is 3.14. The van der Waals surface area contributed by atoms with E-state index in [1.54, 1.807) is 6.92 Å². The summed E-state index contributed by atoms with van der Waals surface area (Å²) in [6, 6.07) is 11.3. The molecular formula is C20H20N4O3. The van der Waals surface area contributed by atoms with E-state index in [2.05, 4.69) is 20.5 Å². The Morgan fingerprint density at radius 3 is 2.74 bits per heavy atom. The van der Waals surface area contributed by atoms with E-state index in [0.29, 0.717) is 28.9 Å². The molecule has 0 bridgehead atoms. The van der Waals surface area contributed by atoms with Crippen molar-refractivity contribution in [3.8, 4) is 11.4 Å². The van der Waals surface area contributed by atoms with Gasteiger partial charge in [-0.15, -0.1) is 0 Å². The molecule has 7 heteroatoms. The van der Waals surface area contributed by atoms with Gasteiger partial charge in [0.2, 0.25) is 0 Å². The Morgan fingerprint density at radius 2 is 2.07 bits per heavy atom. The molecule has 1 aliphatic carbocycles. The van der Waals surface area contributed by atoms with Crippen LogP contribution < -0.4 is 10.9 Å². The van der Waals surface area contributed by atoms with Gasteiger partial charge in [-0.1, -0.05) is 36.8 Å². The van der Waals surface area contributed by atoms with Crippen LogP contribution in [0.5, 0.6) is 0 Å². The van der Waals surface area contributed by atoms with E-state index < -0.39 is 11.5 Å². The lowest BCUT2D eigenvalue weighted by Crippen LogP contribution is -2.30. The highest BCUT2D eigenvalue weighted by Crippen LogP contribution is 2.36. The molecule has 0 spiro atoms. The highest BCUT2D eigenvalue weighted by atomic mass is 16.4. The van der Waals surface area contributed by atoms with E-state index in [4.69, 9.17) is 4.42 Å². The second-order valence-electron chi connectivity index (χ2n) is 6.78. The minimum Gasteiger partial charge on any atom is -0.427 e. The Bertz CT molecular complexity index is 1020. The average Bonchev–Trinajstić information content (AvgIpc) is 3.08. The molecule has 4 rings (SSSR count). The molecule has 0 unspecified atom stereocenters. The van der Waals surface area contributed by atoms with Crippen molar-refractivity contribution in [2.45, 2.75) is 38.6 Å². The zero-order valence-electron chi connectivity index (χ0n) is 15.0. The Morgan fingerprint density at radius 1 is 1.30 bits per heavy atom. The molecule has 0 radical (unpaired) electrons. The zero-order chi connectivity index (χ0) is 18.8. The molecule has 1 fully saturated rings. The van der Waals surface area contributed by atoms with Crippen LogP contribution in [0.4, 0.5) is 0 Å². The third-order valence-electron chi connectivity index (χ3n) is 4.88. The normalized spacial score (nSPS) is 14.0. The molecule has 7 nitrogen and oxygen atoms in total. The van der Waals surface area contributed by atoms with E-state index in [-0.39, 0.29) is 12.1 Å². The van der Waals surface area contributed by atoms with Crippen LogP contribution in [0.3, 0.4) is 0 Å². The van der Waals surface area contributed by atoms with E-state index in [0.717, 1.165) is 24.8 Å². The molecule has 1 saturated carbocycles. The van der Waals surface area contributed by atoms with Gasteiger partial charge in [0.05, 0.1) is 6.54 Å². The second-order valence-corrected chi connectivity index (χ2v) is 6.78. The predicted molar refractivity (Wildman–Crippen MR) is 99.3 cm³/mol. The highest BCUT2D eigenvalue weighted by molar-refractivity contribution is 5.95. The molecule has 2 N–H and O–H groups in total. The molecule has 1 amide bonds. The van der Waals surface area contributed by atoms with Gasteiger partial charge in [-0.25, -0.2) is 9.78 Å². The third-order valence-corrected chi connectivity index (χ3v) is 4.88. The van der Waals surface area contributed by atoms with Crippen molar-refractivity contribution in [3.63, 3.8) is 0 Å². The highest BCUT2D eigenvalue weighted by Gasteiger charge is 2.25. The van der Waals surface area contributed by atoms with Crippen molar-refractivity contribution in [2.75, 3.05) is 0 Å². The molecular weight excluding hydrogens is 344 g/mol. The van der Waals surface area contributed by atoms with Crippen molar-refractivity contribution in [1.82, 2.24) is 20.5 Å². The summed E-state index contributed by atoms with van der Waals surface area (Å²) in [7, 11) is 0. The van der Waals surface area contributed by atoms with E-state index in [9.17, 15) is 9.59 Å². The first kappa shape index (κ1) is 17.2. The summed E-state index contributed by atoms with van der Waals surface area (Å²) < 4.78 is 5.38. The smallest absolute Gasteiger partial charge is 0.349 e. The summed E-state index contributed by atoms with van der Waals surface area (Å²) in [6.07, 6.45) is 3.21. The van der Waals surface area contributed by atoms with Gasteiger partial charge < -0.3 is 9.73 Å². The fraction of sp³-hybridized carbons (Fsp3) is 0.300. The maximum atomic E-state index is 12.5. The summed E-state index contributed by atoms with van der Waals surface area (Å²) in [5.41, 5.74) is 0.973. The van der Waals surface area contributed by atoms with Crippen LogP contribution in [0.15, 0.2) is 45.6 Å². The maximum absolute atomic E-state index is 12.5. The number of hydrogen-bond donors (Lipinski definition) is 2. The number of carbonyl (C=O) groups excluding carboxylic acids is 1. The van der Waals surface area contributed by atoms with E-state index in [1.807, 2.05) is 36.4 Å². The first-order valence-corrected chi connectivity index (χ1v) is 9.01. The fourth-order valence-corrected chi connectivity index (χ4v) is 3.14. The number of nitrogens with zero attached hydrogens (tertiary/aromatic N) is 2. The van der Waals surface area contributed by atoms with Gasteiger partial charge in [-0.3, -0.25) is 9.89 Å². The van der Waals surface area contributed by atoms with Crippen LogP contribution >= 0.6 is 0 Å². The molecule has 27 heavy (non-hydrogen) atoms. The maximum Gasteiger partial charge on any atom is 0.349 e. The minimum atomic E-state index is -0.586. The van der Waals surface area contributed by atoms with Crippen LogP contribution in [0.2, 0.25) is 0 Å². The van der Waals surface area contributed by atoms with Gasteiger partial charge in [0.15, 0.2) is 5.82 Å². The number of aromatic nitrogens is 3. The molecule has 2 heterocycles. The summed E-state index contributed by atoms with van der Waals surface area (Å²) >= 11 is 0. The summed E-state index contributed by atoms with van der Waals surface area (Å²) in [4.78, 5) is 29.1. The van der Waals surface area contributed by atoms with Crippen LogP contribution in [0.1, 0.15) is 52.7 Å². The van der Waals surface area contributed by atoms with Crippen molar-refractivity contribution >= 4 is 5.91 Å². The second kappa shape index (κ2) is 7.19. The lowest BCUT2D eigenvalue weighted by atomic mass is 9.83. The predicted octanol–water partition coefficient (Wildman–Crippen LogP) is 2.93. The Labute approximate surface area is 155 Å². The number of benzene rings is 1. The molecule has 3 aromatic rings. The number of amides is 1. The number of hydrogen-bond acceptors (Lipinski definition) is 5. The van der Waals surface area contributed by atoms with E-state index in [1.165, 1.54) is 0 Å². The molecule has 0 saturated heterocycles. The van der Waals surface area contributed by atoms with Gasteiger partial charge in [-0.2, -0.15) is 5.10 Å². The third kappa shape index (κ3) is 3.53. The molecule has 138 valence electrons. The largest absolute Gasteiger partial charge is 0.427 e. The summed E-state index contributed by atoms with van der Waals surface area (Å²) in [5, 5.41) is 9.66. The van der Waals surface area contributed by atoms with Crippen molar-refractivity contribution in [1.29, 1.82) is 0 Å². The molecule has 0 aliphatic heterocycles. The van der Waals surface area contributed by atoms with Crippen LogP contribution in [0, 0.1) is 6.92 Å². The molecule has 0 atom stereocenters. The number of aromatic amines is 1. The summed E-state index contributed by atoms with van der Waals surface area (Å²) in [5.74, 6) is 1.58. The van der Waals surface area contributed by atoms with Crippen LogP contribution in [0.25, 0.3) is 11.4 Å². The number of carbonyl (C=O) groups is 1. The quantitative estimate of drug-likeness (QED) is 0.725. The zero-order valence-corrected chi connectivity index (χ0v) is 15.0. The lowest BCUT2D eigenvalue weighted by Gasteiger charge is -2.24. The van der Waals surface area contributed by atoms with Crippen molar-refractivity contribution in [2.24, 2.45) is 0 Å². The Kier molecular flexibility index (Phi) is 4.58. The summed E-state index contributed by atoms with van der Waals surface area (Å²) in [6.45, 7) is 1.90. The molecule has 2 aromatic heterocycles. The minimum absolute atomic E-state index is 0.0425. The molecule has 1 aromatic carbocycles. The van der Waals surface area contributed by atoms with Crippen molar-refractivity contribution < 1.29 is 9.21 Å². The first-order valence-electron chi connectivity index (χ1n) is 9.01. The lowest BCUT2D eigenvalue weighted by molar-refractivity contribution is 0.0944. The monoisotopic (exact) mass is 364 g/mol. The number of H-pyrrole nitrogens is 1. The SMILES string of the molecule is Cc1cc(C2CCC2)oc(=O)c1C(=O)NCc1nc(-c2ccccc2)n[nH]1. The van der Waals surface area contributed by atoms with Crippen molar-refractivity contribution in [3.05, 3.63) is 69.5 Å². The standard InChI is InChI=1S/C20H20N4O3/c1-12-10-15(13-8-5-9-13)27-20(26)17(12)19(25)21-11-16-22-18(24-23-16)14-6-3-2-4-7-14/h2-4,6-7,10,13H,5,8-9,11H2,1H3,(H,21,25)(H,22,23,24). The van der Waals surface area contributed by atoms with Gasteiger partial charge in [-0.05, 0) is 31.4 Å². The van der Waals surface area contributed by atoms with Gasteiger partial charge in [0, 0.05) is 11.5 Å². The number of nitrogens with one attached hydrogen (secondary N) is 2. The van der Waals surface area contributed by atoms with Gasteiger partial charge >= 0.3 is 5.63 Å². The number of aryl methyl sites for hydroxylation is 1. The first-order chi connectivity index (χ1) is 13.1. The van der Waals surface area contributed by atoms with Crippen LogP contribution in [-0.2, 0) is 6.54 Å². The van der Waals surface area contributed by atoms with Gasteiger partial charge in [0.25, 0.3) is 5.91 Å².